The summed E-state index contributed by atoms with van der Waals surface area (Å²) in [6.07, 6.45) is 1.23. The van der Waals surface area contributed by atoms with Crippen molar-refractivity contribution >= 4 is 17.8 Å². The van der Waals surface area contributed by atoms with Crippen molar-refractivity contribution in [2.24, 2.45) is 0 Å². The summed E-state index contributed by atoms with van der Waals surface area (Å²) in [7, 11) is 0. The van der Waals surface area contributed by atoms with Crippen molar-refractivity contribution in [1.29, 1.82) is 0 Å². The van der Waals surface area contributed by atoms with E-state index in [2.05, 4.69) is 0 Å². The minimum absolute atomic E-state index is 0.0893. The van der Waals surface area contributed by atoms with Crippen LogP contribution in [-0.2, 0) is 30.3 Å². The van der Waals surface area contributed by atoms with E-state index < -0.39 is 18.0 Å². The standard InChI is InChI=1S/C23H35NO6/c1-6-14-28-20-16-19(22(30-17(5)25)23(27)29-15-7-2)11-10-18(20)12-13-21(26)24(8-3)9-4/h10-11,16,22H,6-9,12-15H2,1-5H3. The van der Waals surface area contributed by atoms with Gasteiger partial charge < -0.3 is 19.1 Å². The molecule has 0 aromatic heterocycles. The Hall–Kier alpha value is -2.57. The summed E-state index contributed by atoms with van der Waals surface area (Å²) >= 11 is 0. The Morgan fingerprint density at radius 3 is 2.23 bits per heavy atom. The lowest BCUT2D eigenvalue weighted by Gasteiger charge is -2.20. The van der Waals surface area contributed by atoms with Crippen LogP contribution < -0.4 is 4.74 Å². The summed E-state index contributed by atoms with van der Waals surface area (Å²) in [5.41, 5.74) is 1.35. The van der Waals surface area contributed by atoms with Crippen LogP contribution in [0.25, 0.3) is 0 Å². The molecule has 7 nitrogen and oxygen atoms in total. The number of rotatable bonds is 13. The molecule has 0 aliphatic heterocycles. The summed E-state index contributed by atoms with van der Waals surface area (Å²) in [5, 5.41) is 0. The van der Waals surface area contributed by atoms with E-state index in [9.17, 15) is 14.4 Å². The molecule has 0 saturated carbocycles. The minimum atomic E-state index is -1.15. The van der Waals surface area contributed by atoms with Crippen molar-refractivity contribution in [1.82, 2.24) is 4.90 Å². The van der Waals surface area contributed by atoms with E-state index in [0.29, 0.717) is 50.3 Å². The Balaban J connectivity index is 3.11. The predicted molar refractivity (Wildman–Crippen MR) is 114 cm³/mol. The molecule has 1 unspecified atom stereocenters. The fourth-order valence-corrected chi connectivity index (χ4v) is 2.96. The normalized spacial score (nSPS) is 11.5. The third kappa shape index (κ3) is 8.05. The van der Waals surface area contributed by atoms with Crippen LogP contribution in [0.3, 0.4) is 0 Å². The van der Waals surface area contributed by atoms with Crippen molar-refractivity contribution in [3.63, 3.8) is 0 Å². The second-order valence-electron chi connectivity index (χ2n) is 6.94. The largest absolute Gasteiger partial charge is 0.493 e. The number of carbonyl (C=O) groups excluding carboxylic acids is 3. The average Bonchev–Trinajstić information content (AvgIpc) is 2.73. The maximum absolute atomic E-state index is 12.4. The number of ether oxygens (including phenoxy) is 3. The Bertz CT molecular complexity index is 699. The van der Waals surface area contributed by atoms with Gasteiger partial charge >= 0.3 is 11.9 Å². The first-order valence-corrected chi connectivity index (χ1v) is 10.7. The summed E-state index contributed by atoms with van der Waals surface area (Å²) in [4.78, 5) is 38.1. The number of hydrogen-bond donors (Lipinski definition) is 0. The zero-order valence-corrected chi connectivity index (χ0v) is 18.9. The van der Waals surface area contributed by atoms with Crippen molar-refractivity contribution in [2.75, 3.05) is 26.3 Å². The molecule has 0 heterocycles. The molecule has 0 N–H and O–H groups in total. The highest BCUT2D eigenvalue weighted by molar-refractivity contribution is 5.80. The van der Waals surface area contributed by atoms with Crippen LogP contribution in [0.15, 0.2) is 18.2 Å². The van der Waals surface area contributed by atoms with Crippen LogP contribution >= 0.6 is 0 Å². The molecule has 1 amide bonds. The van der Waals surface area contributed by atoms with Gasteiger partial charge in [-0.2, -0.15) is 0 Å². The molecule has 1 rings (SSSR count). The summed E-state index contributed by atoms with van der Waals surface area (Å²) < 4.78 is 16.3. The van der Waals surface area contributed by atoms with Gasteiger partial charge in [0, 0.05) is 32.0 Å². The van der Waals surface area contributed by atoms with Gasteiger partial charge in [0.15, 0.2) is 0 Å². The maximum atomic E-state index is 12.4. The second-order valence-corrected chi connectivity index (χ2v) is 6.94. The number of carbonyl (C=O) groups is 3. The highest BCUT2D eigenvalue weighted by Gasteiger charge is 2.26. The topological polar surface area (TPSA) is 82.1 Å². The number of nitrogens with zero attached hydrogens (tertiary/aromatic N) is 1. The monoisotopic (exact) mass is 421 g/mol. The average molecular weight is 422 g/mol. The zero-order valence-electron chi connectivity index (χ0n) is 18.9. The van der Waals surface area contributed by atoms with E-state index in [1.54, 1.807) is 17.0 Å². The highest BCUT2D eigenvalue weighted by Crippen LogP contribution is 2.28. The molecule has 0 fully saturated rings. The van der Waals surface area contributed by atoms with Crippen molar-refractivity contribution < 1.29 is 28.6 Å². The van der Waals surface area contributed by atoms with Crippen LogP contribution in [-0.4, -0.2) is 49.0 Å². The van der Waals surface area contributed by atoms with Crippen LogP contribution in [0.2, 0.25) is 0 Å². The highest BCUT2D eigenvalue weighted by atomic mass is 16.6. The Morgan fingerprint density at radius 2 is 1.67 bits per heavy atom. The van der Waals surface area contributed by atoms with E-state index in [-0.39, 0.29) is 12.5 Å². The first-order chi connectivity index (χ1) is 14.4. The molecule has 0 spiro atoms. The van der Waals surface area contributed by atoms with Crippen molar-refractivity contribution in [3.05, 3.63) is 29.3 Å². The van der Waals surface area contributed by atoms with Crippen LogP contribution in [0.4, 0.5) is 0 Å². The van der Waals surface area contributed by atoms with Gasteiger partial charge in [-0.25, -0.2) is 4.79 Å². The van der Waals surface area contributed by atoms with Gasteiger partial charge in [-0.05, 0) is 44.7 Å². The molecule has 1 atom stereocenters. The van der Waals surface area contributed by atoms with E-state index in [4.69, 9.17) is 14.2 Å². The zero-order chi connectivity index (χ0) is 22.5. The molecule has 1 aromatic carbocycles. The van der Waals surface area contributed by atoms with Crippen molar-refractivity contribution in [3.8, 4) is 5.75 Å². The number of aryl methyl sites for hydroxylation is 1. The fraction of sp³-hybridized carbons (Fsp3) is 0.609. The molecule has 0 saturated heterocycles. The Kier molecular flexibility index (Phi) is 11.6. The minimum Gasteiger partial charge on any atom is -0.493 e. The smallest absolute Gasteiger partial charge is 0.352 e. The second kappa shape index (κ2) is 13.6. The van der Waals surface area contributed by atoms with Gasteiger partial charge in [0.05, 0.1) is 13.2 Å². The molecule has 0 bridgehead atoms. The first-order valence-electron chi connectivity index (χ1n) is 10.7. The Morgan fingerprint density at radius 1 is 1.00 bits per heavy atom. The summed E-state index contributed by atoms with van der Waals surface area (Å²) in [5.74, 6) is -0.509. The number of benzene rings is 1. The third-order valence-electron chi connectivity index (χ3n) is 4.53. The summed E-state index contributed by atoms with van der Waals surface area (Å²) in [6.45, 7) is 11.2. The first kappa shape index (κ1) is 25.5. The van der Waals surface area contributed by atoms with E-state index in [0.717, 1.165) is 12.0 Å². The Labute approximate surface area is 179 Å². The van der Waals surface area contributed by atoms with Crippen LogP contribution in [0, 0.1) is 0 Å². The number of hydrogen-bond acceptors (Lipinski definition) is 6. The lowest BCUT2D eigenvalue weighted by molar-refractivity contribution is -0.167. The lowest BCUT2D eigenvalue weighted by atomic mass is 10.0. The molecule has 1 aromatic rings. The molecule has 30 heavy (non-hydrogen) atoms. The quantitative estimate of drug-likeness (QED) is 0.450. The molecule has 0 aliphatic rings. The fourth-order valence-electron chi connectivity index (χ4n) is 2.96. The molecular formula is C23H35NO6. The van der Waals surface area contributed by atoms with Gasteiger partial charge in [0.1, 0.15) is 5.75 Å². The summed E-state index contributed by atoms with van der Waals surface area (Å²) in [6, 6.07) is 5.24. The molecule has 0 aliphatic carbocycles. The van der Waals surface area contributed by atoms with Crippen LogP contribution in [0.5, 0.6) is 5.75 Å². The van der Waals surface area contributed by atoms with Gasteiger partial charge in [0.25, 0.3) is 0 Å². The number of esters is 2. The van der Waals surface area contributed by atoms with E-state index >= 15 is 0 Å². The maximum Gasteiger partial charge on any atom is 0.352 e. The van der Waals surface area contributed by atoms with Gasteiger partial charge in [-0.3, -0.25) is 9.59 Å². The lowest BCUT2D eigenvalue weighted by Crippen LogP contribution is -2.30. The van der Waals surface area contributed by atoms with Crippen molar-refractivity contribution in [2.45, 2.75) is 66.4 Å². The van der Waals surface area contributed by atoms with E-state index in [1.165, 1.54) is 6.92 Å². The SMILES string of the molecule is CCCOC(=O)C(OC(C)=O)c1ccc(CCC(=O)N(CC)CC)c(OCCC)c1. The predicted octanol–water partition coefficient (Wildman–Crippen LogP) is 3.83. The number of amides is 1. The van der Waals surface area contributed by atoms with E-state index in [1.807, 2.05) is 33.8 Å². The van der Waals surface area contributed by atoms with Gasteiger partial charge in [-0.1, -0.05) is 26.0 Å². The molecular weight excluding hydrogens is 386 g/mol. The third-order valence-corrected chi connectivity index (χ3v) is 4.53. The molecule has 168 valence electrons. The van der Waals surface area contributed by atoms with Crippen LogP contribution in [0.1, 0.15) is 71.1 Å². The molecule has 0 radical (unpaired) electrons. The van der Waals surface area contributed by atoms with Gasteiger partial charge in [0.2, 0.25) is 12.0 Å². The van der Waals surface area contributed by atoms with Gasteiger partial charge in [-0.15, -0.1) is 0 Å². The molecule has 7 heteroatoms.